The zero-order valence-electron chi connectivity index (χ0n) is 31.4. The van der Waals surface area contributed by atoms with Gasteiger partial charge in [-0.25, -0.2) is 15.0 Å². The predicted octanol–water partition coefficient (Wildman–Crippen LogP) is 13.6. The van der Waals surface area contributed by atoms with Crippen molar-refractivity contribution in [3.05, 3.63) is 187 Å². The fraction of sp³-hybridized carbons (Fsp3) is 0.0377. The zero-order valence-corrected chi connectivity index (χ0v) is 31.4. The van der Waals surface area contributed by atoms with Gasteiger partial charge in [0.2, 0.25) is 0 Å². The number of allylic oxidation sites excluding steroid dienone is 1. The molecule has 0 N–H and O–H groups in total. The van der Waals surface area contributed by atoms with Crippen LogP contribution in [0.4, 0.5) is 0 Å². The lowest BCUT2D eigenvalue weighted by Gasteiger charge is -2.13. The van der Waals surface area contributed by atoms with E-state index in [0.717, 1.165) is 73.6 Å². The molecule has 0 saturated carbocycles. The van der Waals surface area contributed by atoms with Crippen LogP contribution in [-0.4, -0.2) is 19.5 Å². The van der Waals surface area contributed by atoms with Gasteiger partial charge in [0.05, 0.1) is 11.0 Å². The number of hydrogen-bond acceptors (Lipinski definition) is 4. The quantitative estimate of drug-likeness (QED) is 0.176. The van der Waals surface area contributed by atoms with E-state index in [9.17, 15) is 0 Å². The molecule has 11 aromatic rings. The molecule has 0 saturated heterocycles. The van der Waals surface area contributed by atoms with Crippen LogP contribution in [0.1, 0.15) is 17.5 Å². The summed E-state index contributed by atoms with van der Waals surface area (Å²) in [6.07, 6.45) is 6.56. The van der Waals surface area contributed by atoms with Gasteiger partial charge in [0.25, 0.3) is 0 Å². The van der Waals surface area contributed by atoms with Crippen LogP contribution in [0.3, 0.4) is 0 Å². The van der Waals surface area contributed by atoms with E-state index in [-0.39, 0.29) is 0 Å². The van der Waals surface area contributed by atoms with Gasteiger partial charge in [-0.1, -0.05) is 133 Å². The van der Waals surface area contributed by atoms with E-state index in [1.807, 2.05) is 12.1 Å². The Bertz CT molecular complexity index is 3460. The maximum atomic E-state index is 6.72. The van der Waals surface area contributed by atoms with E-state index in [1.54, 1.807) is 0 Å². The first-order chi connectivity index (χ1) is 28.7. The normalized spacial score (nSPS) is 12.6. The van der Waals surface area contributed by atoms with Crippen LogP contribution in [0.25, 0.3) is 112 Å². The van der Waals surface area contributed by atoms with Crippen LogP contribution in [0.5, 0.6) is 0 Å². The van der Waals surface area contributed by atoms with Crippen molar-refractivity contribution in [1.29, 1.82) is 0 Å². The van der Waals surface area contributed by atoms with Crippen LogP contribution in [-0.2, 0) is 6.42 Å². The van der Waals surface area contributed by atoms with E-state index >= 15 is 0 Å². The van der Waals surface area contributed by atoms with Gasteiger partial charge in [-0.3, -0.25) is 0 Å². The van der Waals surface area contributed by atoms with Gasteiger partial charge in [-0.15, -0.1) is 0 Å². The number of hydrogen-bond donors (Lipinski definition) is 0. The molecule has 0 unspecified atom stereocenters. The summed E-state index contributed by atoms with van der Waals surface area (Å²) in [5, 5.41) is 6.75. The zero-order chi connectivity index (χ0) is 38.2. The van der Waals surface area contributed by atoms with Crippen molar-refractivity contribution in [2.75, 3.05) is 0 Å². The van der Waals surface area contributed by atoms with E-state index in [2.05, 4.69) is 174 Å². The van der Waals surface area contributed by atoms with E-state index in [0.29, 0.717) is 17.5 Å². The summed E-state index contributed by atoms with van der Waals surface area (Å²) in [6.45, 7) is 0. The van der Waals surface area contributed by atoms with E-state index in [1.165, 1.54) is 38.4 Å². The predicted molar refractivity (Wildman–Crippen MR) is 238 cm³/mol. The molecule has 0 radical (unpaired) electrons. The lowest BCUT2D eigenvalue weighted by Crippen LogP contribution is -2.01. The molecule has 5 heteroatoms. The Hall–Kier alpha value is -7.63. The van der Waals surface area contributed by atoms with Crippen LogP contribution in [0.15, 0.2) is 180 Å². The monoisotopic (exact) mass is 742 g/mol. The number of nitrogens with zero attached hydrogens (tertiary/aromatic N) is 4. The standard InChI is InChI=1S/C53H34N4O/c1-2-14-35(15-3-1)41-19-10-22-46-49(41)42-18-8-9-21-45(42)57(46)40-28-29-43-48(32-40)58-47-23-11-20-44(50(43)47)53-55-51(38-26-24-33-12-4-6-16-36(33)30-38)54-52(56-53)39-27-25-34-13-5-7-17-37(34)31-39/h1-4,6-12,14-32H,5,13H2. The van der Waals surface area contributed by atoms with Crippen LogP contribution >= 0.6 is 0 Å². The van der Waals surface area contributed by atoms with Crippen molar-refractivity contribution in [2.24, 2.45) is 0 Å². The van der Waals surface area contributed by atoms with Crippen LogP contribution in [0.2, 0.25) is 0 Å². The second-order valence-corrected chi connectivity index (χ2v) is 15.1. The minimum absolute atomic E-state index is 0.606. The van der Waals surface area contributed by atoms with Crippen LogP contribution in [0, 0.1) is 0 Å². The van der Waals surface area contributed by atoms with Crippen molar-refractivity contribution in [3.8, 4) is 51.0 Å². The average molecular weight is 743 g/mol. The van der Waals surface area contributed by atoms with Gasteiger partial charge in [0.15, 0.2) is 17.5 Å². The van der Waals surface area contributed by atoms with Crippen molar-refractivity contribution >= 4 is 60.6 Å². The molecule has 0 aliphatic heterocycles. The molecule has 3 aromatic heterocycles. The van der Waals surface area contributed by atoms with E-state index in [4.69, 9.17) is 19.4 Å². The first kappa shape index (κ1) is 32.6. The minimum Gasteiger partial charge on any atom is -0.456 e. The molecule has 1 aliphatic carbocycles. The molecule has 58 heavy (non-hydrogen) atoms. The number of fused-ring (bicyclic) bond motifs is 8. The summed E-state index contributed by atoms with van der Waals surface area (Å²) in [7, 11) is 0. The molecule has 1 aliphatic rings. The van der Waals surface area contributed by atoms with E-state index < -0.39 is 0 Å². The highest BCUT2D eigenvalue weighted by Crippen LogP contribution is 2.41. The number of aryl methyl sites for hydroxylation is 1. The molecule has 0 bridgehead atoms. The van der Waals surface area contributed by atoms with Gasteiger partial charge >= 0.3 is 0 Å². The third kappa shape index (κ3) is 5.21. The smallest absolute Gasteiger partial charge is 0.164 e. The number of para-hydroxylation sites is 1. The van der Waals surface area contributed by atoms with Crippen molar-refractivity contribution in [3.63, 3.8) is 0 Å². The molecule has 8 aromatic carbocycles. The molecule has 3 heterocycles. The highest BCUT2D eigenvalue weighted by Gasteiger charge is 2.21. The average Bonchev–Trinajstić information content (AvgIpc) is 3.84. The molecular weight excluding hydrogens is 709 g/mol. The van der Waals surface area contributed by atoms with Gasteiger partial charge in [-0.05, 0) is 88.3 Å². The summed E-state index contributed by atoms with van der Waals surface area (Å²) in [6, 6.07) is 60.0. The van der Waals surface area contributed by atoms with Crippen molar-refractivity contribution < 1.29 is 4.42 Å². The maximum Gasteiger partial charge on any atom is 0.164 e. The molecule has 0 fully saturated rings. The van der Waals surface area contributed by atoms with Crippen molar-refractivity contribution in [2.45, 2.75) is 12.8 Å². The van der Waals surface area contributed by atoms with Crippen LogP contribution < -0.4 is 0 Å². The fourth-order valence-corrected chi connectivity index (χ4v) is 8.94. The Labute approximate surface area is 334 Å². The minimum atomic E-state index is 0.606. The summed E-state index contributed by atoms with van der Waals surface area (Å²) in [5.74, 6) is 1.88. The first-order valence-corrected chi connectivity index (χ1v) is 19.8. The summed E-state index contributed by atoms with van der Waals surface area (Å²) in [5.41, 5.74) is 12.7. The van der Waals surface area contributed by atoms with Gasteiger partial charge in [0, 0.05) is 50.0 Å². The topological polar surface area (TPSA) is 56.7 Å². The molecule has 0 spiro atoms. The molecule has 0 amide bonds. The Morgan fingerprint density at radius 3 is 2.12 bits per heavy atom. The molecule has 0 atom stereocenters. The first-order valence-electron chi connectivity index (χ1n) is 19.8. The summed E-state index contributed by atoms with van der Waals surface area (Å²) >= 11 is 0. The molecular formula is C53H34N4O. The summed E-state index contributed by atoms with van der Waals surface area (Å²) < 4.78 is 9.07. The highest BCUT2D eigenvalue weighted by molar-refractivity contribution is 6.16. The lowest BCUT2D eigenvalue weighted by atomic mass is 9.95. The lowest BCUT2D eigenvalue weighted by molar-refractivity contribution is 0.668. The Balaban J connectivity index is 1.05. The SMILES string of the molecule is C1=Cc2cc(-c3nc(-c4ccc5ccccc5c4)nc(-c4cccc5oc6cc(-n7c8ccccc8c8c(-c9ccccc9)cccc87)ccc6c45)n3)ccc2CC1. The Morgan fingerprint density at radius 2 is 1.21 bits per heavy atom. The number of rotatable bonds is 5. The molecule has 12 rings (SSSR count). The molecule has 272 valence electrons. The third-order valence-corrected chi connectivity index (χ3v) is 11.7. The number of benzene rings is 8. The second-order valence-electron chi connectivity index (χ2n) is 15.1. The fourth-order valence-electron chi connectivity index (χ4n) is 8.94. The van der Waals surface area contributed by atoms with Gasteiger partial charge in [0.1, 0.15) is 11.2 Å². The maximum absolute atomic E-state index is 6.72. The highest BCUT2D eigenvalue weighted by atomic mass is 16.3. The van der Waals surface area contributed by atoms with Crippen molar-refractivity contribution in [1.82, 2.24) is 19.5 Å². The van der Waals surface area contributed by atoms with Gasteiger partial charge < -0.3 is 8.98 Å². The largest absolute Gasteiger partial charge is 0.456 e. The Kier molecular flexibility index (Phi) is 7.29. The third-order valence-electron chi connectivity index (χ3n) is 11.7. The Morgan fingerprint density at radius 1 is 0.466 bits per heavy atom. The summed E-state index contributed by atoms with van der Waals surface area (Å²) in [4.78, 5) is 15.6. The number of furan rings is 1. The molecule has 5 nitrogen and oxygen atoms in total. The van der Waals surface area contributed by atoms with Gasteiger partial charge in [-0.2, -0.15) is 0 Å². The number of aromatic nitrogens is 4. The second kappa shape index (κ2) is 13.0.